The lowest BCUT2D eigenvalue weighted by molar-refractivity contribution is -0.140. The van der Waals surface area contributed by atoms with Gasteiger partial charge in [0, 0.05) is 20.6 Å². The van der Waals surface area contributed by atoms with Crippen molar-refractivity contribution in [3.05, 3.63) is 34.6 Å². The van der Waals surface area contributed by atoms with Crippen molar-refractivity contribution in [2.45, 2.75) is 18.1 Å². The summed E-state index contributed by atoms with van der Waals surface area (Å²) in [4.78, 5) is 41.8. The fraction of sp³-hybridized carbons (Fsp3) is 0.375. The summed E-state index contributed by atoms with van der Waals surface area (Å²) < 4.78 is 6.05. The van der Waals surface area contributed by atoms with Gasteiger partial charge in [0.2, 0.25) is 5.91 Å². The zero-order chi connectivity index (χ0) is 17.7. The minimum absolute atomic E-state index is 0.0611. The summed E-state index contributed by atoms with van der Waals surface area (Å²) in [5.41, 5.74) is 0.334. The third-order valence-corrected chi connectivity index (χ3v) is 4.38. The van der Waals surface area contributed by atoms with E-state index in [1.807, 2.05) is 0 Å². The van der Waals surface area contributed by atoms with Gasteiger partial charge >= 0.3 is 5.97 Å². The molecular weight excluding hydrogens is 330 g/mol. The second-order valence-corrected chi connectivity index (χ2v) is 6.21. The van der Waals surface area contributed by atoms with Crippen LogP contribution in [0.25, 0.3) is 10.9 Å². The molecule has 0 atom stereocenters. The first-order valence-corrected chi connectivity index (χ1v) is 8.32. The summed E-state index contributed by atoms with van der Waals surface area (Å²) >= 11 is 1.18. The Morgan fingerprint density at radius 3 is 2.67 bits per heavy atom. The first-order valence-electron chi connectivity index (χ1n) is 7.33. The molecule has 1 amide bonds. The Bertz CT molecular complexity index is 817. The van der Waals surface area contributed by atoms with E-state index in [9.17, 15) is 14.4 Å². The van der Waals surface area contributed by atoms with Crippen LogP contribution in [-0.4, -0.2) is 53.3 Å². The van der Waals surface area contributed by atoms with Crippen molar-refractivity contribution in [1.29, 1.82) is 0 Å². The summed E-state index contributed by atoms with van der Waals surface area (Å²) in [6.07, 6.45) is 0.0611. The molecule has 0 radical (unpaired) electrons. The van der Waals surface area contributed by atoms with E-state index < -0.39 is 5.97 Å². The molecule has 0 N–H and O–H groups in total. The van der Waals surface area contributed by atoms with E-state index in [4.69, 9.17) is 0 Å². The maximum Gasteiger partial charge on any atom is 0.307 e. The molecule has 1 aromatic heterocycles. The van der Waals surface area contributed by atoms with Crippen molar-refractivity contribution in [3.63, 3.8) is 0 Å². The lowest BCUT2D eigenvalue weighted by Crippen LogP contribution is -2.27. The minimum Gasteiger partial charge on any atom is -0.469 e. The number of thioether (sulfide) groups is 1. The number of para-hydroxylation sites is 1. The van der Waals surface area contributed by atoms with E-state index in [0.717, 1.165) is 0 Å². The number of ether oxygens (including phenoxy) is 1. The number of aromatic nitrogens is 2. The molecule has 2 rings (SSSR count). The van der Waals surface area contributed by atoms with Gasteiger partial charge in [0.25, 0.3) is 5.56 Å². The molecule has 1 aromatic carbocycles. The molecule has 0 fully saturated rings. The molecular formula is C16H19N3O4S. The molecule has 0 spiro atoms. The second-order valence-electron chi connectivity index (χ2n) is 5.27. The first-order chi connectivity index (χ1) is 11.4. The van der Waals surface area contributed by atoms with Crippen molar-refractivity contribution >= 4 is 34.5 Å². The summed E-state index contributed by atoms with van der Waals surface area (Å²) in [6.45, 7) is 0.155. The van der Waals surface area contributed by atoms with Gasteiger partial charge in [-0.05, 0) is 12.1 Å². The lowest BCUT2D eigenvalue weighted by atomic mass is 10.2. The zero-order valence-corrected chi connectivity index (χ0v) is 14.6. The van der Waals surface area contributed by atoms with Gasteiger partial charge in [0.05, 0.1) is 30.2 Å². The fourth-order valence-corrected chi connectivity index (χ4v) is 3.02. The van der Waals surface area contributed by atoms with E-state index in [0.29, 0.717) is 16.1 Å². The number of fused-ring (bicyclic) bond motifs is 1. The number of amides is 1. The first kappa shape index (κ1) is 18.0. The normalized spacial score (nSPS) is 10.6. The summed E-state index contributed by atoms with van der Waals surface area (Å²) in [7, 11) is 4.64. The standard InChI is InChI=1S/C16H19N3O4S/c1-18(2)13(20)10-24-16-17-12-7-5-4-6-11(12)15(22)19(16)9-8-14(21)23-3/h4-7H,8-10H2,1-3H3. The van der Waals surface area contributed by atoms with Crippen LogP contribution in [0.3, 0.4) is 0 Å². The molecule has 128 valence electrons. The van der Waals surface area contributed by atoms with Gasteiger partial charge in [-0.1, -0.05) is 23.9 Å². The molecule has 0 aliphatic rings. The van der Waals surface area contributed by atoms with Crippen LogP contribution in [0, 0.1) is 0 Å². The summed E-state index contributed by atoms with van der Waals surface area (Å²) in [6, 6.07) is 7.00. The largest absolute Gasteiger partial charge is 0.469 e. The zero-order valence-electron chi connectivity index (χ0n) is 13.8. The SMILES string of the molecule is COC(=O)CCn1c(SCC(=O)N(C)C)nc2ccccc2c1=O. The number of hydrogen-bond donors (Lipinski definition) is 0. The number of methoxy groups -OCH3 is 1. The molecule has 0 saturated carbocycles. The van der Waals surface area contributed by atoms with Gasteiger partial charge < -0.3 is 9.64 Å². The fourth-order valence-electron chi connectivity index (χ4n) is 2.02. The molecule has 0 unspecified atom stereocenters. The van der Waals surface area contributed by atoms with Crippen LogP contribution in [0.5, 0.6) is 0 Å². The highest BCUT2D eigenvalue weighted by molar-refractivity contribution is 7.99. The number of carbonyl (C=O) groups is 2. The van der Waals surface area contributed by atoms with Gasteiger partial charge in [-0.15, -0.1) is 0 Å². The van der Waals surface area contributed by atoms with Gasteiger partial charge in [0.1, 0.15) is 0 Å². The molecule has 8 heteroatoms. The van der Waals surface area contributed by atoms with Crippen molar-refractivity contribution in [2.24, 2.45) is 0 Å². The molecule has 0 aliphatic heterocycles. The highest BCUT2D eigenvalue weighted by Gasteiger charge is 2.15. The topological polar surface area (TPSA) is 81.5 Å². The Morgan fingerprint density at radius 2 is 2.00 bits per heavy atom. The van der Waals surface area contributed by atoms with Crippen molar-refractivity contribution in [3.8, 4) is 0 Å². The predicted octanol–water partition coefficient (Wildman–Crippen LogP) is 1.14. The monoisotopic (exact) mass is 349 g/mol. The number of nitrogens with zero attached hydrogens (tertiary/aromatic N) is 3. The lowest BCUT2D eigenvalue weighted by Gasteiger charge is -2.14. The number of rotatable bonds is 6. The van der Waals surface area contributed by atoms with Gasteiger partial charge in [0.15, 0.2) is 5.16 Å². The van der Waals surface area contributed by atoms with Gasteiger partial charge in [-0.25, -0.2) is 4.98 Å². The Labute approximate surface area is 143 Å². The molecule has 1 heterocycles. The van der Waals surface area contributed by atoms with Crippen LogP contribution in [0.15, 0.2) is 34.2 Å². The summed E-state index contributed by atoms with van der Waals surface area (Å²) in [5, 5.41) is 0.892. The van der Waals surface area contributed by atoms with Crippen molar-refractivity contribution in [2.75, 3.05) is 27.0 Å². The van der Waals surface area contributed by atoms with Crippen LogP contribution >= 0.6 is 11.8 Å². The van der Waals surface area contributed by atoms with Crippen LogP contribution in [0.4, 0.5) is 0 Å². The number of hydrogen-bond acceptors (Lipinski definition) is 6. The van der Waals surface area contributed by atoms with E-state index >= 15 is 0 Å². The van der Waals surface area contributed by atoms with Crippen LogP contribution < -0.4 is 5.56 Å². The van der Waals surface area contributed by atoms with Gasteiger partial charge in [-0.2, -0.15) is 0 Å². The van der Waals surface area contributed by atoms with Crippen LogP contribution in [0.1, 0.15) is 6.42 Å². The molecule has 0 saturated heterocycles. The van der Waals surface area contributed by atoms with E-state index in [2.05, 4.69) is 9.72 Å². The summed E-state index contributed by atoms with van der Waals surface area (Å²) in [5.74, 6) is -0.326. The average Bonchev–Trinajstić information content (AvgIpc) is 2.58. The predicted molar refractivity (Wildman–Crippen MR) is 92.1 cm³/mol. The number of carbonyl (C=O) groups excluding carboxylic acids is 2. The Hall–Kier alpha value is -2.35. The second kappa shape index (κ2) is 7.96. The minimum atomic E-state index is -0.407. The van der Waals surface area contributed by atoms with Crippen molar-refractivity contribution < 1.29 is 14.3 Å². The molecule has 0 bridgehead atoms. The van der Waals surface area contributed by atoms with Crippen LogP contribution in [-0.2, 0) is 20.9 Å². The maximum atomic E-state index is 12.7. The Kier molecular flexibility index (Phi) is 5.97. The highest BCUT2D eigenvalue weighted by atomic mass is 32.2. The Morgan fingerprint density at radius 1 is 1.29 bits per heavy atom. The van der Waals surface area contributed by atoms with E-state index in [1.54, 1.807) is 38.4 Å². The molecule has 7 nitrogen and oxygen atoms in total. The van der Waals surface area contributed by atoms with E-state index in [1.165, 1.54) is 28.3 Å². The molecule has 24 heavy (non-hydrogen) atoms. The molecule has 2 aromatic rings. The highest BCUT2D eigenvalue weighted by Crippen LogP contribution is 2.18. The number of benzene rings is 1. The third kappa shape index (κ3) is 4.14. The van der Waals surface area contributed by atoms with Gasteiger partial charge in [-0.3, -0.25) is 19.0 Å². The quantitative estimate of drug-likeness (QED) is 0.442. The van der Waals surface area contributed by atoms with Crippen molar-refractivity contribution in [1.82, 2.24) is 14.5 Å². The third-order valence-electron chi connectivity index (χ3n) is 3.42. The maximum absolute atomic E-state index is 12.7. The molecule has 0 aliphatic carbocycles. The van der Waals surface area contributed by atoms with Crippen LogP contribution in [0.2, 0.25) is 0 Å². The number of esters is 1. The van der Waals surface area contributed by atoms with E-state index in [-0.39, 0.29) is 30.2 Å². The smallest absolute Gasteiger partial charge is 0.307 e. The average molecular weight is 349 g/mol. The Balaban J connectivity index is 2.39.